The maximum Gasteiger partial charge on any atom is 0.251 e. The van der Waals surface area contributed by atoms with E-state index in [1.165, 1.54) is 50.3 Å². The fraction of sp³-hybridized carbons (Fsp3) is 0.267. The number of aliphatic hydroxyl groups is 1. The zero-order valence-electron chi connectivity index (χ0n) is 23.9. The number of amides is 1. The number of aliphatic hydroxyl groups excluding tert-OH is 1. The van der Waals surface area contributed by atoms with Gasteiger partial charge in [0.2, 0.25) is 18.8 Å². The number of aromatic hydroxyl groups is 3. The fourth-order valence-electron chi connectivity index (χ4n) is 4.52. The van der Waals surface area contributed by atoms with E-state index in [9.17, 15) is 34.0 Å². The number of carbonyl (C=O) groups is 1. The van der Waals surface area contributed by atoms with Crippen molar-refractivity contribution in [2.45, 2.75) is 45.0 Å². The minimum Gasteiger partial charge on any atom is -0.507 e. The van der Waals surface area contributed by atoms with Gasteiger partial charge in [-0.25, -0.2) is 8.78 Å². The van der Waals surface area contributed by atoms with Crippen LogP contribution in [-0.2, 0) is 21.0 Å². The number of anilines is 1. The summed E-state index contributed by atoms with van der Waals surface area (Å²) in [5.74, 6) is -3.63. The SMILES string of the molecule is C/C(=C\c1ccc(O[C@@H]2O[C@H](/C(C)=N/OCc3ccc(F)c(F)c3)[C@@H](O)[C@@H]2N)cc1O)C(=O)Nc1c(O)cc2c(c1O)OCO2. The second-order valence-electron chi connectivity index (χ2n) is 10.2. The average molecular weight is 630 g/mol. The van der Waals surface area contributed by atoms with Crippen LogP contribution in [0.3, 0.4) is 0 Å². The highest BCUT2D eigenvalue weighted by Gasteiger charge is 2.44. The molecule has 0 radical (unpaired) electrons. The maximum atomic E-state index is 13.4. The topological polar surface area (TPSA) is 195 Å². The molecule has 7 N–H and O–H groups in total. The zero-order valence-corrected chi connectivity index (χ0v) is 23.9. The highest BCUT2D eigenvalue weighted by Crippen LogP contribution is 2.49. The summed E-state index contributed by atoms with van der Waals surface area (Å²) in [6.45, 7) is 2.67. The molecule has 1 saturated heterocycles. The summed E-state index contributed by atoms with van der Waals surface area (Å²) in [6.07, 6.45) is -2.01. The Balaban J connectivity index is 1.20. The smallest absolute Gasteiger partial charge is 0.251 e. The number of nitrogens with one attached hydrogen (secondary N) is 1. The molecule has 0 saturated carbocycles. The van der Waals surface area contributed by atoms with Crippen molar-refractivity contribution in [1.29, 1.82) is 0 Å². The summed E-state index contributed by atoms with van der Waals surface area (Å²) in [7, 11) is 0. The van der Waals surface area contributed by atoms with Crippen molar-refractivity contribution < 1.29 is 57.8 Å². The first-order valence-electron chi connectivity index (χ1n) is 13.5. The van der Waals surface area contributed by atoms with E-state index in [4.69, 9.17) is 29.5 Å². The van der Waals surface area contributed by atoms with Crippen molar-refractivity contribution in [2.24, 2.45) is 10.9 Å². The lowest BCUT2D eigenvalue weighted by Crippen LogP contribution is -2.43. The molecule has 1 fully saturated rings. The number of ether oxygens (including phenoxy) is 4. The molecule has 2 heterocycles. The Hall–Kier alpha value is -5.12. The first-order chi connectivity index (χ1) is 21.4. The molecule has 0 bridgehead atoms. The Bertz CT molecular complexity index is 1680. The van der Waals surface area contributed by atoms with Crippen LogP contribution in [0.1, 0.15) is 25.0 Å². The maximum absolute atomic E-state index is 13.4. The van der Waals surface area contributed by atoms with Crippen molar-refractivity contribution in [1.82, 2.24) is 0 Å². The molecule has 5 rings (SSSR count). The second kappa shape index (κ2) is 12.9. The standard InChI is InChI=1S/C30H29F2N3O10/c1-13(29(40)34-24-21(37)10-22-28(26(24)39)42-12-41-22)7-16-4-5-17(9-20(16)36)44-30-23(33)25(38)27(45-30)14(2)35-43-11-15-3-6-18(31)19(32)8-15/h3-10,23,25,27,30,36-39H,11-12,33H2,1-2H3,(H,34,40)/b13-7+,35-14+/t23-,25-,27+,30+/m0/s1. The summed E-state index contributed by atoms with van der Waals surface area (Å²) in [5.41, 5.74) is 6.73. The lowest BCUT2D eigenvalue weighted by molar-refractivity contribution is -0.112. The van der Waals surface area contributed by atoms with E-state index in [-0.39, 0.29) is 58.9 Å². The molecule has 2 aliphatic rings. The zero-order chi connectivity index (χ0) is 32.4. The molecule has 0 aliphatic carbocycles. The summed E-state index contributed by atoms with van der Waals surface area (Å²) >= 11 is 0. The van der Waals surface area contributed by atoms with E-state index < -0.39 is 53.6 Å². The third kappa shape index (κ3) is 6.69. The van der Waals surface area contributed by atoms with Crippen LogP contribution in [0.2, 0.25) is 0 Å². The van der Waals surface area contributed by atoms with Gasteiger partial charge >= 0.3 is 0 Å². The molecule has 45 heavy (non-hydrogen) atoms. The molecule has 238 valence electrons. The van der Waals surface area contributed by atoms with E-state index in [0.29, 0.717) is 5.56 Å². The number of halogens is 2. The molecule has 4 atom stereocenters. The molecule has 0 spiro atoms. The number of hydrogen-bond donors (Lipinski definition) is 6. The van der Waals surface area contributed by atoms with E-state index in [0.717, 1.165) is 12.1 Å². The molecule has 13 nitrogen and oxygen atoms in total. The summed E-state index contributed by atoms with van der Waals surface area (Å²) in [5, 5.41) is 48.0. The first kappa shape index (κ1) is 31.3. The molecular weight excluding hydrogens is 600 g/mol. The van der Waals surface area contributed by atoms with Gasteiger partial charge in [-0.05, 0) is 49.8 Å². The monoisotopic (exact) mass is 629 g/mol. The third-order valence-electron chi connectivity index (χ3n) is 6.98. The van der Waals surface area contributed by atoms with E-state index in [1.807, 2.05) is 0 Å². The van der Waals surface area contributed by atoms with Gasteiger partial charge in [-0.2, -0.15) is 0 Å². The lowest BCUT2D eigenvalue weighted by atomic mass is 10.1. The van der Waals surface area contributed by atoms with Crippen LogP contribution >= 0.6 is 0 Å². The van der Waals surface area contributed by atoms with Crippen LogP contribution in [0.15, 0.2) is 53.2 Å². The number of rotatable bonds is 9. The van der Waals surface area contributed by atoms with Crippen molar-refractivity contribution in [2.75, 3.05) is 12.1 Å². The number of carbonyl (C=O) groups excluding carboxylic acids is 1. The molecule has 2 aliphatic heterocycles. The molecule has 3 aromatic carbocycles. The largest absolute Gasteiger partial charge is 0.507 e. The summed E-state index contributed by atoms with van der Waals surface area (Å²) < 4.78 is 48.2. The van der Waals surface area contributed by atoms with Crippen LogP contribution in [0, 0.1) is 11.6 Å². The number of benzene rings is 3. The van der Waals surface area contributed by atoms with Crippen LogP contribution in [0.5, 0.6) is 34.5 Å². The Morgan fingerprint density at radius 2 is 1.87 bits per heavy atom. The molecular formula is C30H29F2N3O10. The molecule has 1 amide bonds. The third-order valence-corrected chi connectivity index (χ3v) is 6.98. The van der Waals surface area contributed by atoms with Crippen molar-refractivity contribution in [3.05, 3.63) is 70.8 Å². The van der Waals surface area contributed by atoms with Crippen LogP contribution < -0.4 is 25.3 Å². The molecule has 0 unspecified atom stereocenters. The minimum atomic E-state index is -1.23. The normalized spacial score (nSPS) is 21.1. The van der Waals surface area contributed by atoms with Gasteiger partial charge in [0.25, 0.3) is 5.91 Å². The summed E-state index contributed by atoms with van der Waals surface area (Å²) in [6, 6.07) is 7.68. The van der Waals surface area contributed by atoms with Crippen molar-refractivity contribution >= 4 is 23.4 Å². The van der Waals surface area contributed by atoms with Crippen LogP contribution in [-0.4, -0.2) is 63.4 Å². The molecule has 3 aromatic rings. The number of nitrogens with zero attached hydrogens (tertiary/aromatic N) is 1. The second-order valence-corrected chi connectivity index (χ2v) is 10.2. The Labute approximate surface area is 254 Å². The van der Waals surface area contributed by atoms with Gasteiger partial charge < -0.3 is 55.3 Å². The highest BCUT2D eigenvalue weighted by atomic mass is 19.2. The Kier molecular flexibility index (Phi) is 8.94. The van der Waals surface area contributed by atoms with E-state index in [1.54, 1.807) is 0 Å². The van der Waals surface area contributed by atoms with Gasteiger partial charge in [-0.15, -0.1) is 0 Å². The number of nitrogens with two attached hydrogens (primary N) is 1. The number of hydrogen-bond acceptors (Lipinski definition) is 12. The van der Waals surface area contributed by atoms with Crippen LogP contribution in [0.4, 0.5) is 14.5 Å². The van der Waals surface area contributed by atoms with Crippen LogP contribution in [0.25, 0.3) is 6.08 Å². The predicted octanol–water partition coefficient (Wildman–Crippen LogP) is 3.24. The van der Waals surface area contributed by atoms with E-state index in [2.05, 4.69) is 10.5 Å². The number of fused-ring (bicyclic) bond motifs is 1. The van der Waals surface area contributed by atoms with Crippen molar-refractivity contribution in [3.8, 4) is 34.5 Å². The average Bonchev–Trinajstić information content (AvgIpc) is 3.58. The van der Waals surface area contributed by atoms with Gasteiger partial charge in [0, 0.05) is 23.3 Å². The summed E-state index contributed by atoms with van der Waals surface area (Å²) in [4.78, 5) is 18.0. The number of phenolic OH excluding ortho intramolecular Hbond substituents is 3. The van der Waals surface area contributed by atoms with Gasteiger partial charge in [0.05, 0.1) is 11.8 Å². The lowest BCUT2D eigenvalue weighted by Gasteiger charge is -2.18. The number of oxime groups is 1. The highest BCUT2D eigenvalue weighted by molar-refractivity contribution is 6.08. The van der Waals surface area contributed by atoms with Gasteiger partial charge in [-0.3, -0.25) is 4.79 Å². The van der Waals surface area contributed by atoms with Crippen molar-refractivity contribution in [3.63, 3.8) is 0 Å². The quantitative estimate of drug-likeness (QED) is 0.0881. The number of phenols is 3. The molecule has 0 aromatic heterocycles. The van der Waals surface area contributed by atoms with Gasteiger partial charge in [0.15, 0.2) is 23.1 Å². The first-order valence-corrected chi connectivity index (χ1v) is 13.5. The predicted molar refractivity (Wildman–Crippen MR) is 154 cm³/mol. The fourth-order valence-corrected chi connectivity index (χ4v) is 4.52. The van der Waals surface area contributed by atoms with Gasteiger partial charge in [0.1, 0.15) is 41.8 Å². The molecule has 15 heteroatoms. The van der Waals surface area contributed by atoms with Gasteiger partial charge in [-0.1, -0.05) is 11.2 Å². The Morgan fingerprint density at radius 1 is 1.09 bits per heavy atom. The minimum absolute atomic E-state index is 0.0155. The Morgan fingerprint density at radius 3 is 2.60 bits per heavy atom. The van der Waals surface area contributed by atoms with E-state index >= 15 is 0 Å².